The van der Waals surface area contributed by atoms with Gasteiger partial charge >= 0.3 is 0 Å². The number of nitrogens with zero attached hydrogens (tertiary/aromatic N) is 2. The van der Waals surface area contributed by atoms with Crippen molar-refractivity contribution in [1.82, 2.24) is 9.78 Å². The van der Waals surface area contributed by atoms with Gasteiger partial charge in [0.2, 0.25) is 0 Å². The van der Waals surface area contributed by atoms with Gasteiger partial charge in [-0.05, 0) is 43.5 Å². The lowest BCUT2D eigenvalue weighted by molar-refractivity contribution is 0.727. The molecule has 1 aromatic heterocycles. The molecule has 0 saturated heterocycles. The Kier molecular flexibility index (Phi) is 6.27. The Hall–Kier alpha value is -3.66. The zero-order valence-electron chi connectivity index (χ0n) is 18.0. The van der Waals surface area contributed by atoms with Crippen LogP contribution in [0.2, 0.25) is 0 Å². The summed E-state index contributed by atoms with van der Waals surface area (Å²) in [6.45, 7) is 4.49. The van der Waals surface area contributed by atoms with Gasteiger partial charge in [0, 0.05) is 23.9 Å². The van der Waals surface area contributed by atoms with E-state index < -0.39 is 0 Å². The highest BCUT2D eigenvalue weighted by molar-refractivity contribution is 5.99. The molecule has 0 amide bonds. The number of hydrogen-bond acceptors (Lipinski definition) is 2. The number of benzene rings is 3. The fourth-order valence-electron chi connectivity index (χ4n) is 4.07. The molecular formula is C27H27N3O. The van der Waals surface area contributed by atoms with Crippen molar-refractivity contribution in [3.8, 4) is 5.69 Å². The number of nitrogens with one attached hydrogen (secondary N) is 1. The molecule has 0 atom stereocenters. The van der Waals surface area contributed by atoms with Gasteiger partial charge in [-0.2, -0.15) is 0 Å². The van der Waals surface area contributed by atoms with Crippen molar-refractivity contribution in [2.45, 2.75) is 26.2 Å². The molecule has 4 rings (SSSR count). The summed E-state index contributed by atoms with van der Waals surface area (Å²) < 4.78 is 1.58. The smallest absolute Gasteiger partial charge is 0.280 e. The third kappa shape index (κ3) is 4.58. The predicted octanol–water partition coefficient (Wildman–Crippen LogP) is 5.51. The highest BCUT2D eigenvalue weighted by Gasteiger charge is 2.16. The minimum absolute atomic E-state index is 0.0624. The van der Waals surface area contributed by atoms with Crippen LogP contribution in [0, 0.1) is 6.92 Å². The first-order valence-electron chi connectivity index (χ1n) is 10.6. The molecule has 1 heterocycles. The molecule has 4 aromatic rings. The minimum atomic E-state index is -0.0624. The number of aromatic amines is 1. The standard InChI is InChI=1S/C27H27N3O/c1-20(26-21(2)29-30(27(26)31)24-16-10-5-11-17-24)28-19-18-25(22-12-6-3-7-13-22)23-14-8-4-9-15-23/h3-17,25,29H,18-19H2,1-2H3. The lowest BCUT2D eigenvalue weighted by atomic mass is 9.88. The maximum absolute atomic E-state index is 13.0. The number of aryl methyl sites for hydroxylation is 1. The van der Waals surface area contributed by atoms with E-state index >= 15 is 0 Å². The van der Waals surface area contributed by atoms with E-state index in [2.05, 4.69) is 53.6 Å². The summed E-state index contributed by atoms with van der Waals surface area (Å²) in [5, 5.41) is 3.18. The Morgan fingerprint density at radius 3 is 1.94 bits per heavy atom. The fourth-order valence-corrected chi connectivity index (χ4v) is 4.07. The number of rotatable bonds is 7. The van der Waals surface area contributed by atoms with Crippen LogP contribution in [0.3, 0.4) is 0 Å². The summed E-state index contributed by atoms with van der Waals surface area (Å²) in [7, 11) is 0. The van der Waals surface area contributed by atoms with Gasteiger partial charge in [0.25, 0.3) is 5.56 Å². The van der Waals surface area contributed by atoms with Crippen molar-refractivity contribution in [3.63, 3.8) is 0 Å². The van der Waals surface area contributed by atoms with Crippen LogP contribution in [-0.2, 0) is 0 Å². The number of aromatic nitrogens is 2. The number of aliphatic imine (C=N–C) groups is 1. The summed E-state index contributed by atoms with van der Waals surface area (Å²) in [5.74, 6) is 0.271. The van der Waals surface area contributed by atoms with Crippen LogP contribution in [0.25, 0.3) is 5.69 Å². The first-order valence-corrected chi connectivity index (χ1v) is 10.6. The zero-order chi connectivity index (χ0) is 21.6. The molecule has 1 N–H and O–H groups in total. The molecule has 0 spiro atoms. The molecule has 4 nitrogen and oxygen atoms in total. The topological polar surface area (TPSA) is 50.1 Å². The molecule has 31 heavy (non-hydrogen) atoms. The van der Waals surface area contributed by atoms with E-state index in [1.165, 1.54) is 11.1 Å². The van der Waals surface area contributed by atoms with Crippen LogP contribution in [0.1, 0.15) is 41.6 Å². The Morgan fingerprint density at radius 1 is 0.871 bits per heavy atom. The fraction of sp³-hybridized carbons (Fsp3) is 0.185. The summed E-state index contributed by atoms with van der Waals surface area (Å²) in [6, 6.07) is 30.7. The zero-order valence-corrected chi connectivity index (χ0v) is 18.0. The van der Waals surface area contributed by atoms with Crippen LogP contribution < -0.4 is 5.56 Å². The van der Waals surface area contributed by atoms with Crippen molar-refractivity contribution in [3.05, 3.63) is 124 Å². The Bertz CT molecular complexity index is 1170. The largest absolute Gasteiger partial charge is 0.295 e. The first kappa shape index (κ1) is 20.6. The highest BCUT2D eigenvalue weighted by atomic mass is 16.1. The third-order valence-corrected chi connectivity index (χ3v) is 5.62. The third-order valence-electron chi connectivity index (χ3n) is 5.62. The van der Waals surface area contributed by atoms with Crippen molar-refractivity contribution >= 4 is 5.71 Å². The molecule has 0 aliphatic rings. The molecule has 3 aromatic carbocycles. The van der Waals surface area contributed by atoms with Gasteiger partial charge in [-0.3, -0.25) is 14.9 Å². The average molecular weight is 410 g/mol. The molecular weight excluding hydrogens is 382 g/mol. The van der Waals surface area contributed by atoms with E-state index in [1.807, 2.05) is 56.3 Å². The van der Waals surface area contributed by atoms with Gasteiger partial charge < -0.3 is 0 Å². The minimum Gasteiger partial charge on any atom is -0.295 e. The summed E-state index contributed by atoms with van der Waals surface area (Å²) >= 11 is 0. The van der Waals surface area contributed by atoms with Crippen LogP contribution in [0.15, 0.2) is 101 Å². The molecule has 156 valence electrons. The summed E-state index contributed by atoms with van der Waals surface area (Å²) in [5.41, 5.74) is 5.58. The molecule has 0 radical (unpaired) electrons. The molecule has 0 aliphatic carbocycles. The number of H-pyrrole nitrogens is 1. The maximum atomic E-state index is 13.0. The second-order valence-electron chi connectivity index (χ2n) is 7.72. The quantitative estimate of drug-likeness (QED) is 0.402. The lowest BCUT2D eigenvalue weighted by Crippen LogP contribution is -2.19. The van der Waals surface area contributed by atoms with Gasteiger partial charge in [-0.15, -0.1) is 0 Å². The second kappa shape index (κ2) is 9.43. The van der Waals surface area contributed by atoms with E-state index in [0.717, 1.165) is 23.5 Å². The normalized spacial score (nSPS) is 11.8. The van der Waals surface area contributed by atoms with Gasteiger partial charge in [-0.1, -0.05) is 78.9 Å². The second-order valence-corrected chi connectivity index (χ2v) is 7.72. The summed E-state index contributed by atoms with van der Waals surface area (Å²) in [6.07, 6.45) is 0.877. The molecule has 4 heteroatoms. The monoisotopic (exact) mass is 409 g/mol. The molecule has 0 bridgehead atoms. The van der Waals surface area contributed by atoms with Crippen LogP contribution in [0.4, 0.5) is 0 Å². The first-order chi connectivity index (χ1) is 15.1. The van der Waals surface area contributed by atoms with Gasteiger partial charge in [0.15, 0.2) is 0 Å². The lowest BCUT2D eigenvalue weighted by Gasteiger charge is -2.17. The molecule has 0 unspecified atom stereocenters. The van der Waals surface area contributed by atoms with Crippen molar-refractivity contribution < 1.29 is 0 Å². The Balaban J connectivity index is 1.57. The van der Waals surface area contributed by atoms with E-state index in [0.29, 0.717) is 12.1 Å². The van der Waals surface area contributed by atoms with Crippen LogP contribution in [0.5, 0.6) is 0 Å². The highest BCUT2D eigenvalue weighted by Crippen LogP contribution is 2.27. The van der Waals surface area contributed by atoms with Crippen LogP contribution in [-0.4, -0.2) is 22.0 Å². The summed E-state index contributed by atoms with van der Waals surface area (Å²) in [4.78, 5) is 17.8. The Labute approximate surface area is 182 Å². The SMILES string of the molecule is CC(=NCCC(c1ccccc1)c1ccccc1)c1c(C)[nH]n(-c2ccccc2)c1=O. The molecule has 0 aliphatic heterocycles. The van der Waals surface area contributed by atoms with Crippen molar-refractivity contribution in [2.75, 3.05) is 6.54 Å². The van der Waals surface area contributed by atoms with Gasteiger partial charge in [-0.25, -0.2) is 4.68 Å². The predicted molar refractivity (Wildman–Crippen MR) is 128 cm³/mol. The number of hydrogen-bond donors (Lipinski definition) is 1. The van der Waals surface area contributed by atoms with Gasteiger partial charge in [0.1, 0.15) is 0 Å². The molecule has 0 fully saturated rings. The van der Waals surface area contributed by atoms with Crippen molar-refractivity contribution in [1.29, 1.82) is 0 Å². The Morgan fingerprint density at radius 2 is 1.39 bits per heavy atom. The van der Waals surface area contributed by atoms with E-state index in [9.17, 15) is 4.79 Å². The maximum Gasteiger partial charge on any atom is 0.280 e. The van der Waals surface area contributed by atoms with E-state index in [1.54, 1.807) is 4.68 Å². The van der Waals surface area contributed by atoms with Gasteiger partial charge in [0.05, 0.1) is 11.3 Å². The average Bonchev–Trinajstić information content (AvgIpc) is 3.12. The molecule has 0 saturated carbocycles. The van der Waals surface area contributed by atoms with E-state index in [-0.39, 0.29) is 11.5 Å². The van der Waals surface area contributed by atoms with Crippen molar-refractivity contribution in [2.24, 2.45) is 4.99 Å². The number of para-hydroxylation sites is 1. The van der Waals surface area contributed by atoms with E-state index in [4.69, 9.17) is 4.99 Å². The van der Waals surface area contributed by atoms with Crippen LogP contribution >= 0.6 is 0 Å².